The summed E-state index contributed by atoms with van der Waals surface area (Å²) >= 11 is 0. The Bertz CT molecular complexity index is 1380. The fourth-order valence-corrected chi connectivity index (χ4v) is 5.78. The number of aromatic nitrogens is 2. The summed E-state index contributed by atoms with van der Waals surface area (Å²) in [5.74, 6) is 2.36. The zero-order valence-corrected chi connectivity index (χ0v) is 25.3. The van der Waals surface area contributed by atoms with Crippen LogP contribution in [0.1, 0.15) is 41.1 Å². The van der Waals surface area contributed by atoms with E-state index in [9.17, 15) is 4.79 Å². The predicted molar refractivity (Wildman–Crippen MR) is 162 cm³/mol. The summed E-state index contributed by atoms with van der Waals surface area (Å²) in [6.45, 7) is 3.73. The van der Waals surface area contributed by atoms with Crippen LogP contribution in [-0.4, -0.2) is 83.4 Å². The van der Waals surface area contributed by atoms with Crippen molar-refractivity contribution in [1.29, 1.82) is 0 Å². The average Bonchev–Trinajstić information content (AvgIpc) is 3.57. The zero-order valence-electron chi connectivity index (χ0n) is 25.3. The van der Waals surface area contributed by atoms with E-state index in [1.807, 2.05) is 0 Å². The summed E-state index contributed by atoms with van der Waals surface area (Å²) in [7, 11) is 4.66. The van der Waals surface area contributed by atoms with Gasteiger partial charge in [0.15, 0.2) is 17.3 Å². The first-order chi connectivity index (χ1) is 21.1. The van der Waals surface area contributed by atoms with Crippen molar-refractivity contribution >= 4 is 11.9 Å². The van der Waals surface area contributed by atoms with Crippen molar-refractivity contribution in [1.82, 2.24) is 15.1 Å². The Labute approximate surface area is 252 Å². The number of methoxy groups -OCH3 is 3. The molecule has 1 heterocycles. The molecule has 11 heteroatoms. The summed E-state index contributed by atoms with van der Waals surface area (Å²) in [5.41, 5.74) is 7.38. The highest BCUT2D eigenvalue weighted by Gasteiger charge is 2.31. The molecule has 11 nitrogen and oxygen atoms in total. The van der Waals surface area contributed by atoms with Crippen LogP contribution in [0.5, 0.6) is 11.5 Å². The van der Waals surface area contributed by atoms with E-state index in [0.717, 1.165) is 48.5 Å². The molecule has 2 aliphatic rings. The van der Waals surface area contributed by atoms with Gasteiger partial charge < -0.3 is 39.1 Å². The van der Waals surface area contributed by atoms with E-state index < -0.39 is 6.09 Å². The van der Waals surface area contributed by atoms with Crippen LogP contribution in [-0.2, 0) is 38.3 Å². The largest absolute Gasteiger partial charge is 0.493 e. The third-order valence-electron chi connectivity index (χ3n) is 7.86. The van der Waals surface area contributed by atoms with Gasteiger partial charge in [-0.2, -0.15) is 5.10 Å². The average molecular weight is 595 g/mol. The van der Waals surface area contributed by atoms with Crippen molar-refractivity contribution in [2.24, 2.45) is 0 Å². The van der Waals surface area contributed by atoms with E-state index in [1.54, 1.807) is 14.2 Å². The van der Waals surface area contributed by atoms with Crippen LogP contribution >= 0.6 is 0 Å². The van der Waals surface area contributed by atoms with Crippen molar-refractivity contribution in [2.45, 2.75) is 38.3 Å². The lowest BCUT2D eigenvalue weighted by Crippen LogP contribution is -2.27. The first-order valence-corrected chi connectivity index (χ1v) is 14.9. The number of carbonyl (C=O) groups excluding carboxylic acids is 1. The number of nitrogens with zero attached hydrogens (tertiary/aromatic N) is 2. The molecule has 3 aromatic rings. The number of hydrogen-bond donors (Lipinski definition) is 2. The highest BCUT2D eigenvalue weighted by molar-refractivity contribution is 5.81. The van der Waals surface area contributed by atoms with Gasteiger partial charge in [0.2, 0.25) is 0 Å². The Morgan fingerprint density at radius 2 is 1.65 bits per heavy atom. The number of ether oxygens (including phenoxy) is 6. The quantitative estimate of drug-likeness (QED) is 0.183. The molecule has 1 atom stereocenters. The molecule has 0 saturated carbocycles. The van der Waals surface area contributed by atoms with E-state index in [4.69, 9.17) is 28.8 Å². The number of benzene rings is 2. The number of alkyl carbamates (subject to hydrolysis) is 1. The SMILES string of the molecule is COC(=O)NCCOCCOCCOCCn1nc(NC2CCCc3ccccc32)c2c1-c1cc(OC)c(OC)cc1C2. The number of amides is 1. The number of carbonyl (C=O) groups is 1. The third-order valence-corrected chi connectivity index (χ3v) is 7.86. The lowest BCUT2D eigenvalue weighted by atomic mass is 9.87. The monoisotopic (exact) mass is 594 g/mol. The van der Waals surface area contributed by atoms with Crippen LogP contribution in [0, 0.1) is 0 Å². The molecule has 0 radical (unpaired) electrons. The highest BCUT2D eigenvalue weighted by Crippen LogP contribution is 2.46. The molecule has 2 aliphatic carbocycles. The molecule has 0 fully saturated rings. The van der Waals surface area contributed by atoms with Crippen LogP contribution < -0.4 is 20.1 Å². The molecule has 1 aromatic heterocycles. The van der Waals surface area contributed by atoms with Crippen LogP contribution in [0.15, 0.2) is 36.4 Å². The van der Waals surface area contributed by atoms with Gasteiger partial charge in [-0.3, -0.25) is 4.68 Å². The van der Waals surface area contributed by atoms with Gasteiger partial charge in [-0.1, -0.05) is 24.3 Å². The molecule has 1 amide bonds. The molecule has 0 saturated heterocycles. The molecule has 2 aromatic carbocycles. The summed E-state index contributed by atoms with van der Waals surface area (Å²) in [5, 5.41) is 11.4. The van der Waals surface area contributed by atoms with Crippen molar-refractivity contribution in [3.63, 3.8) is 0 Å². The topological polar surface area (TPSA) is 114 Å². The molecular weight excluding hydrogens is 552 g/mol. The maximum Gasteiger partial charge on any atom is 0.406 e. The molecule has 2 N–H and O–H groups in total. The first-order valence-electron chi connectivity index (χ1n) is 14.9. The van der Waals surface area contributed by atoms with E-state index in [-0.39, 0.29) is 6.04 Å². The fraction of sp³-hybridized carbons (Fsp3) is 0.500. The standard InChI is InChI=1S/C32H42N4O7/c1-38-28-20-23-19-26-30(25(23)21-29(28)39-2)36(12-14-42-16-18-43-17-15-41-13-11-33-32(37)40-3)35-31(26)34-27-10-6-8-22-7-4-5-9-24(22)27/h4-5,7,9,20-21,27H,6,8,10-19H2,1-3H3,(H,33,37)(H,34,35). The van der Waals surface area contributed by atoms with Crippen LogP contribution in [0.25, 0.3) is 11.3 Å². The van der Waals surface area contributed by atoms with E-state index in [2.05, 4.69) is 56.5 Å². The maximum absolute atomic E-state index is 11.0. The van der Waals surface area contributed by atoms with E-state index in [0.29, 0.717) is 58.5 Å². The Hall–Kier alpha value is -3.80. The zero-order chi connectivity index (χ0) is 30.0. The molecular formula is C32H42N4O7. The number of rotatable bonds is 16. The molecule has 0 spiro atoms. The lowest BCUT2D eigenvalue weighted by molar-refractivity contribution is 0.0134. The number of anilines is 1. The number of fused-ring (bicyclic) bond motifs is 4. The number of aryl methyl sites for hydroxylation is 1. The molecule has 0 aliphatic heterocycles. The first kappa shape index (κ1) is 30.7. The molecule has 43 heavy (non-hydrogen) atoms. The Morgan fingerprint density at radius 1 is 0.930 bits per heavy atom. The minimum absolute atomic E-state index is 0.228. The minimum Gasteiger partial charge on any atom is -0.493 e. The smallest absolute Gasteiger partial charge is 0.406 e. The van der Waals surface area contributed by atoms with Gasteiger partial charge in [0, 0.05) is 24.1 Å². The fourth-order valence-electron chi connectivity index (χ4n) is 5.78. The van der Waals surface area contributed by atoms with Crippen molar-refractivity contribution in [2.75, 3.05) is 72.8 Å². The normalized spacial score (nSPS) is 14.9. The summed E-state index contributed by atoms with van der Waals surface area (Å²) in [6, 6.07) is 13.1. The number of hydrogen-bond acceptors (Lipinski definition) is 9. The van der Waals surface area contributed by atoms with Crippen LogP contribution in [0.4, 0.5) is 10.6 Å². The highest BCUT2D eigenvalue weighted by atomic mass is 16.5. The van der Waals surface area contributed by atoms with Gasteiger partial charge in [-0.15, -0.1) is 0 Å². The number of nitrogens with one attached hydrogen (secondary N) is 2. The van der Waals surface area contributed by atoms with Gasteiger partial charge in [-0.05, 0) is 48.1 Å². The van der Waals surface area contributed by atoms with E-state index >= 15 is 0 Å². The molecule has 0 bridgehead atoms. The lowest BCUT2D eigenvalue weighted by Gasteiger charge is -2.26. The molecule has 1 unspecified atom stereocenters. The van der Waals surface area contributed by atoms with Crippen LogP contribution in [0.2, 0.25) is 0 Å². The Morgan fingerprint density at radius 3 is 2.42 bits per heavy atom. The van der Waals surface area contributed by atoms with Gasteiger partial charge in [0.25, 0.3) is 0 Å². The Kier molecular flexibility index (Phi) is 10.8. The second-order valence-corrected chi connectivity index (χ2v) is 10.5. The van der Waals surface area contributed by atoms with Crippen molar-refractivity contribution < 1.29 is 33.2 Å². The maximum atomic E-state index is 11.0. The van der Waals surface area contributed by atoms with Gasteiger partial charge in [0.1, 0.15) is 0 Å². The minimum atomic E-state index is -0.469. The molecule has 232 valence electrons. The molecule has 5 rings (SSSR count). The summed E-state index contributed by atoms with van der Waals surface area (Å²) in [6.07, 6.45) is 3.65. The summed E-state index contributed by atoms with van der Waals surface area (Å²) < 4.78 is 34.7. The van der Waals surface area contributed by atoms with Gasteiger partial charge in [0.05, 0.1) is 79.3 Å². The Balaban J connectivity index is 1.19. The van der Waals surface area contributed by atoms with Crippen molar-refractivity contribution in [3.05, 3.63) is 58.7 Å². The summed E-state index contributed by atoms with van der Waals surface area (Å²) in [4.78, 5) is 11.0. The third kappa shape index (κ3) is 7.41. The second-order valence-electron chi connectivity index (χ2n) is 10.5. The second kappa shape index (κ2) is 15.1. The van der Waals surface area contributed by atoms with Gasteiger partial charge in [-0.25, -0.2) is 4.79 Å². The van der Waals surface area contributed by atoms with Crippen LogP contribution in [0.3, 0.4) is 0 Å². The van der Waals surface area contributed by atoms with E-state index in [1.165, 1.54) is 29.4 Å². The van der Waals surface area contributed by atoms with Crippen molar-refractivity contribution in [3.8, 4) is 22.8 Å². The predicted octanol–water partition coefficient (Wildman–Crippen LogP) is 4.37. The van der Waals surface area contributed by atoms with Gasteiger partial charge >= 0.3 is 6.09 Å².